The van der Waals surface area contributed by atoms with Crippen LogP contribution in [0.25, 0.3) is 10.2 Å². The van der Waals surface area contributed by atoms with Crippen molar-refractivity contribution in [2.45, 2.75) is 26.2 Å². The lowest BCUT2D eigenvalue weighted by Gasteiger charge is -2.33. The molecule has 1 atom stereocenters. The average molecular weight is 333 g/mol. The van der Waals surface area contributed by atoms with E-state index in [0.717, 1.165) is 44.5 Å². The standard InChI is InChI=1S/C17H24N4OS/c1-12-2-3-14-13(10-12)15-16(18-11-19-17(15)23-14)21-6-4-20(5-7-21)8-9-22/h11-12,22H,2-10H2,1H3/p+1. The predicted molar refractivity (Wildman–Crippen MR) is 93.5 cm³/mol. The molecule has 1 fully saturated rings. The van der Waals surface area contributed by atoms with E-state index in [9.17, 15) is 0 Å². The molecule has 1 unspecified atom stereocenters. The van der Waals surface area contributed by atoms with E-state index in [0.29, 0.717) is 0 Å². The van der Waals surface area contributed by atoms with Crippen molar-refractivity contribution in [3.63, 3.8) is 0 Å². The van der Waals surface area contributed by atoms with Crippen molar-refractivity contribution in [1.82, 2.24) is 9.97 Å². The fraction of sp³-hybridized carbons (Fsp3) is 0.647. The van der Waals surface area contributed by atoms with Crippen LogP contribution in [0.4, 0.5) is 5.82 Å². The number of aryl methyl sites for hydroxylation is 1. The molecule has 2 aromatic heterocycles. The van der Waals surface area contributed by atoms with Gasteiger partial charge >= 0.3 is 0 Å². The first-order chi connectivity index (χ1) is 11.3. The summed E-state index contributed by atoms with van der Waals surface area (Å²) in [5.41, 5.74) is 1.52. The van der Waals surface area contributed by atoms with Crippen LogP contribution in [-0.4, -0.2) is 54.4 Å². The summed E-state index contributed by atoms with van der Waals surface area (Å²) in [5, 5.41) is 10.4. The van der Waals surface area contributed by atoms with Crippen LogP contribution in [-0.2, 0) is 12.8 Å². The number of aliphatic hydroxyl groups excluding tert-OH is 1. The van der Waals surface area contributed by atoms with E-state index in [1.807, 2.05) is 11.3 Å². The Morgan fingerprint density at radius 3 is 2.96 bits per heavy atom. The number of nitrogens with one attached hydrogen (secondary N) is 1. The molecule has 2 aliphatic rings. The second-order valence-electron chi connectivity index (χ2n) is 6.94. The predicted octanol–water partition coefficient (Wildman–Crippen LogP) is 0.513. The van der Waals surface area contributed by atoms with E-state index in [4.69, 9.17) is 5.11 Å². The number of anilines is 1. The lowest BCUT2D eigenvalue weighted by molar-refractivity contribution is -0.900. The van der Waals surface area contributed by atoms with Crippen LogP contribution < -0.4 is 9.80 Å². The fourth-order valence-corrected chi connectivity index (χ4v) is 5.13. The van der Waals surface area contributed by atoms with Crippen molar-refractivity contribution in [2.75, 3.05) is 44.2 Å². The molecule has 5 nitrogen and oxygen atoms in total. The van der Waals surface area contributed by atoms with E-state index in [2.05, 4.69) is 21.8 Å². The van der Waals surface area contributed by atoms with E-state index >= 15 is 0 Å². The van der Waals surface area contributed by atoms with Gasteiger partial charge in [-0.2, -0.15) is 0 Å². The number of thiophene rings is 1. The van der Waals surface area contributed by atoms with Crippen LogP contribution >= 0.6 is 11.3 Å². The Morgan fingerprint density at radius 2 is 2.17 bits per heavy atom. The van der Waals surface area contributed by atoms with Crippen molar-refractivity contribution in [3.8, 4) is 0 Å². The molecule has 1 saturated heterocycles. The molecule has 1 aliphatic carbocycles. The van der Waals surface area contributed by atoms with Gasteiger partial charge in [-0.25, -0.2) is 9.97 Å². The first-order valence-electron chi connectivity index (χ1n) is 8.71. The van der Waals surface area contributed by atoms with Gasteiger partial charge in [-0.3, -0.25) is 0 Å². The molecule has 1 aliphatic heterocycles. The highest BCUT2D eigenvalue weighted by molar-refractivity contribution is 7.19. The minimum atomic E-state index is 0.281. The summed E-state index contributed by atoms with van der Waals surface area (Å²) in [5.74, 6) is 1.91. The summed E-state index contributed by atoms with van der Waals surface area (Å²) in [6, 6.07) is 0. The summed E-state index contributed by atoms with van der Waals surface area (Å²) < 4.78 is 0. The average Bonchev–Trinajstić information content (AvgIpc) is 2.94. The first-order valence-corrected chi connectivity index (χ1v) is 9.52. The van der Waals surface area contributed by atoms with Gasteiger partial charge in [0.2, 0.25) is 0 Å². The van der Waals surface area contributed by atoms with Crippen molar-refractivity contribution < 1.29 is 10.0 Å². The number of aliphatic hydroxyl groups is 1. The van der Waals surface area contributed by atoms with Crippen molar-refractivity contribution >= 4 is 27.4 Å². The number of rotatable bonds is 3. The smallest absolute Gasteiger partial charge is 0.141 e. The molecule has 0 bridgehead atoms. The third-order valence-electron chi connectivity index (χ3n) is 5.30. The topological polar surface area (TPSA) is 53.7 Å². The van der Waals surface area contributed by atoms with Crippen LogP contribution in [0.1, 0.15) is 23.8 Å². The molecular formula is C17H25N4OS+. The van der Waals surface area contributed by atoms with Crippen LogP contribution in [0.15, 0.2) is 6.33 Å². The third-order valence-corrected chi connectivity index (χ3v) is 6.50. The maximum Gasteiger partial charge on any atom is 0.141 e. The number of hydrogen-bond acceptors (Lipinski definition) is 5. The highest BCUT2D eigenvalue weighted by Gasteiger charge is 2.27. The molecule has 23 heavy (non-hydrogen) atoms. The number of fused-ring (bicyclic) bond motifs is 3. The number of nitrogens with zero attached hydrogens (tertiary/aromatic N) is 3. The molecular weight excluding hydrogens is 308 g/mol. The van der Waals surface area contributed by atoms with Gasteiger partial charge in [0.15, 0.2) is 0 Å². The van der Waals surface area contributed by atoms with Gasteiger partial charge in [0.05, 0.1) is 38.2 Å². The molecule has 0 amide bonds. The van der Waals surface area contributed by atoms with Crippen LogP contribution in [0.5, 0.6) is 0 Å². The van der Waals surface area contributed by atoms with Crippen molar-refractivity contribution in [1.29, 1.82) is 0 Å². The summed E-state index contributed by atoms with van der Waals surface area (Å²) >= 11 is 1.87. The van der Waals surface area contributed by atoms with E-state index < -0.39 is 0 Å². The molecule has 0 saturated carbocycles. The minimum absolute atomic E-state index is 0.281. The normalized spacial score (nSPS) is 22.5. The van der Waals surface area contributed by atoms with Crippen molar-refractivity contribution in [2.24, 2.45) is 5.92 Å². The largest absolute Gasteiger partial charge is 0.391 e. The van der Waals surface area contributed by atoms with Crippen molar-refractivity contribution in [3.05, 3.63) is 16.8 Å². The SMILES string of the molecule is CC1CCc2sc3ncnc(N4CC[NH+](CCO)CC4)c3c2C1. The zero-order chi connectivity index (χ0) is 15.8. The Morgan fingerprint density at radius 1 is 1.35 bits per heavy atom. The summed E-state index contributed by atoms with van der Waals surface area (Å²) in [7, 11) is 0. The third kappa shape index (κ3) is 2.84. The monoisotopic (exact) mass is 333 g/mol. The Labute approximate surface area is 141 Å². The molecule has 0 radical (unpaired) electrons. The quantitative estimate of drug-likeness (QED) is 0.860. The van der Waals surface area contributed by atoms with Gasteiger partial charge in [-0.1, -0.05) is 6.92 Å². The van der Waals surface area contributed by atoms with Gasteiger partial charge in [0, 0.05) is 4.88 Å². The Hall–Kier alpha value is -1.24. The van der Waals surface area contributed by atoms with E-state index in [-0.39, 0.29) is 6.61 Å². The molecule has 0 spiro atoms. The molecule has 6 heteroatoms. The molecule has 0 aromatic carbocycles. The van der Waals surface area contributed by atoms with E-state index in [1.54, 1.807) is 6.33 Å². The number of aromatic nitrogens is 2. The molecule has 2 aromatic rings. The van der Waals surface area contributed by atoms with Crippen LogP contribution in [0, 0.1) is 5.92 Å². The first kappa shape index (κ1) is 15.3. The summed E-state index contributed by atoms with van der Waals surface area (Å²) in [6.07, 6.45) is 5.40. The Kier molecular flexibility index (Phi) is 4.22. The van der Waals surface area contributed by atoms with Crippen LogP contribution in [0.2, 0.25) is 0 Å². The second kappa shape index (κ2) is 6.34. The number of quaternary nitrogens is 1. The summed E-state index contributed by atoms with van der Waals surface area (Å²) in [4.78, 5) is 15.8. The number of hydrogen-bond donors (Lipinski definition) is 2. The zero-order valence-corrected chi connectivity index (χ0v) is 14.5. The highest BCUT2D eigenvalue weighted by Crippen LogP contribution is 2.40. The van der Waals surface area contributed by atoms with E-state index in [1.165, 1.54) is 44.8 Å². The molecule has 3 heterocycles. The van der Waals surface area contributed by atoms with Gasteiger partial charge in [0.1, 0.15) is 23.5 Å². The molecule has 124 valence electrons. The van der Waals surface area contributed by atoms with Gasteiger partial charge in [0.25, 0.3) is 0 Å². The Bertz CT molecular complexity index is 693. The maximum atomic E-state index is 9.12. The lowest BCUT2D eigenvalue weighted by atomic mass is 9.88. The highest BCUT2D eigenvalue weighted by atomic mass is 32.1. The fourth-order valence-electron chi connectivity index (χ4n) is 3.95. The minimum Gasteiger partial charge on any atom is -0.391 e. The van der Waals surface area contributed by atoms with Crippen LogP contribution in [0.3, 0.4) is 0 Å². The molecule has 2 N–H and O–H groups in total. The molecule has 4 rings (SSSR count). The second-order valence-corrected chi connectivity index (χ2v) is 8.02. The zero-order valence-electron chi connectivity index (χ0n) is 13.7. The van der Waals surface area contributed by atoms with Gasteiger partial charge in [-0.05, 0) is 30.7 Å². The van der Waals surface area contributed by atoms with Gasteiger partial charge in [-0.15, -0.1) is 11.3 Å². The summed E-state index contributed by atoms with van der Waals surface area (Å²) in [6.45, 7) is 7.68. The lowest BCUT2D eigenvalue weighted by Crippen LogP contribution is -3.15. The van der Waals surface area contributed by atoms with Gasteiger partial charge < -0.3 is 14.9 Å². The maximum absolute atomic E-state index is 9.12. The Balaban J connectivity index is 1.67. The number of piperazine rings is 1.